The SMILES string of the molecule is CCCN1CCC(NC(=NCCCCc2ccc([N+](=O)[O-])cc2)NCC)CC1. The van der Waals surface area contributed by atoms with Gasteiger partial charge in [-0.1, -0.05) is 19.1 Å². The van der Waals surface area contributed by atoms with E-state index >= 15 is 0 Å². The number of nitro benzene ring substituents is 1. The summed E-state index contributed by atoms with van der Waals surface area (Å²) < 4.78 is 0. The van der Waals surface area contributed by atoms with Gasteiger partial charge in [-0.25, -0.2) is 0 Å². The van der Waals surface area contributed by atoms with Crippen molar-refractivity contribution < 1.29 is 4.92 Å². The van der Waals surface area contributed by atoms with Crippen LogP contribution in [0.5, 0.6) is 0 Å². The first-order chi connectivity index (χ1) is 13.6. The minimum Gasteiger partial charge on any atom is -0.357 e. The smallest absolute Gasteiger partial charge is 0.269 e. The van der Waals surface area contributed by atoms with E-state index in [0.717, 1.165) is 43.9 Å². The molecule has 1 aliphatic heterocycles. The first kappa shape index (κ1) is 22.1. The van der Waals surface area contributed by atoms with E-state index in [0.29, 0.717) is 6.04 Å². The number of unbranched alkanes of at least 4 members (excludes halogenated alkanes) is 1. The van der Waals surface area contributed by atoms with Gasteiger partial charge in [0.25, 0.3) is 5.69 Å². The van der Waals surface area contributed by atoms with E-state index < -0.39 is 0 Å². The Labute approximate surface area is 168 Å². The third-order valence-electron chi connectivity index (χ3n) is 5.10. The van der Waals surface area contributed by atoms with Crippen LogP contribution in [-0.4, -0.2) is 54.5 Å². The number of hydrogen-bond donors (Lipinski definition) is 2. The van der Waals surface area contributed by atoms with Crippen LogP contribution in [0.1, 0.15) is 51.5 Å². The Kier molecular flexibility index (Phi) is 9.76. The molecule has 0 bridgehead atoms. The van der Waals surface area contributed by atoms with E-state index in [4.69, 9.17) is 4.99 Å². The number of aliphatic imine (C=N–C) groups is 1. The number of guanidine groups is 1. The van der Waals surface area contributed by atoms with Crippen molar-refractivity contribution >= 4 is 11.6 Å². The molecule has 1 heterocycles. The van der Waals surface area contributed by atoms with Crippen LogP contribution in [-0.2, 0) is 6.42 Å². The van der Waals surface area contributed by atoms with Gasteiger partial charge in [-0.2, -0.15) is 0 Å². The van der Waals surface area contributed by atoms with Crippen molar-refractivity contribution in [2.75, 3.05) is 32.7 Å². The fraction of sp³-hybridized carbons (Fsp3) is 0.667. The molecule has 7 nitrogen and oxygen atoms in total. The van der Waals surface area contributed by atoms with Crippen LogP contribution >= 0.6 is 0 Å². The maximum absolute atomic E-state index is 10.7. The van der Waals surface area contributed by atoms with E-state index in [1.165, 1.54) is 38.9 Å². The van der Waals surface area contributed by atoms with Gasteiger partial charge in [0.05, 0.1) is 4.92 Å². The Hall–Kier alpha value is -2.15. The maximum atomic E-state index is 10.7. The van der Waals surface area contributed by atoms with E-state index in [1.807, 2.05) is 12.1 Å². The maximum Gasteiger partial charge on any atom is 0.269 e. The highest BCUT2D eigenvalue weighted by molar-refractivity contribution is 5.80. The van der Waals surface area contributed by atoms with Crippen LogP contribution in [0.4, 0.5) is 5.69 Å². The molecular formula is C21H35N5O2. The van der Waals surface area contributed by atoms with Gasteiger partial charge < -0.3 is 15.5 Å². The number of nitrogens with zero attached hydrogens (tertiary/aromatic N) is 3. The first-order valence-corrected chi connectivity index (χ1v) is 10.6. The van der Waals surface area contributed by atoms with Crippen LogP contribution in [0, 0.1) is 10.1 Å². The summed E-state index contributed by atoms with van der Waals surface area (Å²) >= 11 is 0. The third kappa shape index (κ3) is 7.84. The first-order valence-electron chi connectivity index (χ1n) is 10.6. The summed E-state index contributed by atoms with van der Waals surface area (Å²) in [6.07, 6.45) is 6.52. The van der Waals surface area contributed by atoms with Gasteiger partial charge in [-0.05, 0) is 57.6 Å². The number of rotatable bonds is 10. The van der Waals surface area contributed by atoms with Crippen LogP contribution in [0.2, 0.25) is 0 Å². The fourth-order valence-electron chi connectivity index (χ4n) is 3.55. The topological polar surface area (TPSA) is 82.8 Å². The van der Waals surface area contributed by atoms with Crippen LogP contribution in [0.3, 0.4) is 0 Å². The molecule has 7 heteroatoms. The van der Waals surface area contributed by atoms with E-state index in [1.54, 1.807) is 12.1 Å². The molecule has 2 N–H and O–H groups in total. The average Bonchev–Trinajstić information content (AvgIpc) is 2.70. The molecule has 0 aliphatic carbocycles. The van der Waals surface area contributed by atoms with Crippen molar-refractivity contribution in [2.24, 2.45) is 4.99 Å². The second-order valence-electron chi connectivity index (χ2n) is 7.40. The number of non-ortho nitro benzene ring substituents is 1. The Morgan fingerprint density at radius 1 is 1.21 bits per heavy atom. The summed E-state index contributed by atoms with van der Waals surface area (Å²) in [6.45, 7) is 9.52. The highest BCUT2D eigenvalue weighted by Crippen LogP contribution is 2.14. The quantitative estimate of drug-likeness (QED) is 0.211. The largest absolute Gasteiger partial charge is 0.357 e. The Bertz CT molecular complexity index is 610. The number of likely N-dealkylation sites (tertiary alicyclic amines) is 1. The summed E-state index contributed by atoms with van der Waals surface area (Å²) in [7, 11) is 0. The predicted octanol–water partition coefficient (Wildman–Crippen LogP) is 3.35. The number of nitro groups is 1. The number of nitrogens with one attached hydrogen (secondary N) is 2. The van der Waals surface area contributed by atoms with Crippen molar-refractivity contribution in [3.8, 4) is 0 Å². The Morgan fingerprint density at radius 2 is 1.93 bits per heavy atom. The van der Waals surface area contributed by atoms with Crippen LogP contribution in [0.15, 0.2) is 29.3 Å². The Morgan fingerprint density at radius 3 is 2.54 bits per heavy atom. The summed E-state index contributed by atoms with van der Waals surface area (Å²) in [5, 5.41) is 17.6. The minimum absolute atomic E-state index is 0.148. The van der Waals surface area contributed by atoms with Crippen molar-refractivity contribution in [1.82, 2.24) is 15.5 Å². The van der Waals surface area contributed by atoms with Gasteiger partial charge in [-0.3, -0.25) is 15.1 Å². The molecule has 2 rings (SSSR count). The van der Waals surface area contributed by atoms with Gasteiger partial charge in [0.15, 0.2) is 5.96 Å². The summed E-state index contributed by atoms with van der Waals surface area (Å²) in [4.78, 5) is 17.6. The molecule has 0 saturated carbocycles. The monoisotopic (exact) mass is 389 g/mol. The zero-order valence-corrected chi connectivity index (χ0v) is 17.3. The van der Waals surface area contributed by atoms with Gasteiger partial charge in [-0.15, -0.1) is 0 Å². The molecule has 1 aliphatic rings. The van der Waals surface area contributed by atoms with Crippen molar-refractivity contribution in [2.45, 2.75) is 58.4 Å². The zero-order valence-electron chi connectivity index (χ0n) is 17.3. The average molecular weight is 390 g/mol. The van der Waals surface area contributed by atoms with Crippen LogP contribution in [0.25, 0.3) is 0 Å². The molecule has 1 fully saturated rings. The lowest BCUT2D eigenvalue weighted by Gasteiger charge is -2.32. The lowest BCUT2D eigenvalue weighted by atomic mass is 10.1. The van der Waals surface area contributed by atoms with Gasteiger partial charge in [0.2, 0.25) is 0 Å². The highest BCUT2D eigenvalue weighted by Gasteiger charge is 2.19. The molecule has 0 amide bonds. The lowest BCUT2D eigenvalue weighted by Crippen LogP contribution is -2.48. The third-order valence-corrected chi connectivity index (χ3v) is 5.10. The molecular weight excluding hydrogens is 354 g/mol. The van der Waals surface area contributed by atoms with E-state index in [9.17, 15) is 10.1 Å². The number of benzene rings is 1. The second kappa shape index (κ2) is 12.3. The van der Waals surface area contributed by atoms with Crippen molar-refractivity contribution in [1.29, 1.82) is 0 Å². The van der Waals surface area contributed by atoms with Gasteiger partial charge in [0, 0.05) is 44.4 Å². The summed E-state index contributed by atoms with van der Waals surface area (Å²) in [5.41, 5.74) is 1.29. The zero-order chi connectivity index (χ0) is 20.2. The van der Waals surface area contributed by atoms with E-state index in [-0.39, 0.29) is 10.6 Å². The molecule has 156 valence electrons. The summed E-state index contributed by atoms with van der Waals surface area (Å²) in [6, 6.07) is 7.35. The lowest BCUT2D eigenvalue weighted by molar-refractivity contribution is -0.384. The molecule has 1 saturated heterocycles. The normalized spacial score (nSPS) is 16.1. The molecule has 0 spiro atoms. The second-order valence-corrected chi connectivity index (χ2v) is 7.40. The highest BCUT2D eigenvalue weighted by atomic mass is 16.6. The van der Waals surface area contributed by atoms with Crippen molar-refractivity contribution in [3.63, 3.8) is 0 Å². The molecule has 1 aromatic carbocycles. The molecule has 28 heavy (non-hydrogen) atoms. The number of aryl methyl sites for hydroxylation is 1. The van der Waals surface area contributed by atoms with Crippen molar-refractivity contribution in [3.05, 3.63) is 39.9 Å². The van der Waals surface area contributed by atoms with Gasteiger partial charge in [0.1, 0.15) is 0 Å². The molecule has 0 unspecified atom stereocenters. The van der Waals surface area contributed by atoms with E-state index in [2.05, 4.69) is 29.4 Å². The predicted molar refractivity (Wildman–Crippen MR) is 115 cm³/mol. The molecule has 0 radical (unpaired) electrons. The number of hydrogen-bond acceptors (Lipinski definition) is 4. The Balaban J connectivity index is 1.69. The minimum atomic E-state index is -0.360. The standard InChI is InChI=1S/C21H35N5O2/c1-3-15-25-16-12-19(13-17-25)24-21(22-4-2)23-14-6-5-7-18-8-10-20(11-9-18)26(27)28/h8-11,19H,3-7,12-17H2,1-2H3,(H2,22,23,24). The summed E-state index contributed by atoms with van der Waals surface area (Å²) in [5.74, 6) is 0.923. The fourth-order valence-corrected chi connectivity index (χ4v) is 3.55. The molecule has 0 aromatic heterocycles. The van der Waals surface area contributed by atoms with Crippen LogP contribution < -0.4 is 10.6 Å². The molecule has 0 atom stereocenters. The van der Waals surface area contributed by atoms with Gasteiger partial charge >= 0.3 is 0 Å². The number of piperidine rings is 1. The molecule has 1 aromatic rings.